The van der Waals surface area contributed by atoms with E-state index in [2.05, 4.69) is 4.98 Å². The van der Waals surface area contributed by atoms with Crippen LogP contribution in [0.25, 0.3) is 0 Å². The van der Waals surface area contributed by atoms with Gasteiger partial charge in [0.15, 0.2) is 4.21 Å². The second-order valence-corrected chi connectivity index (χ2v) is 8.67. The molecule has 2 aromatic heterocycles. The summed E-state index contributed by atoms with van der Waals surface area (Å²) in [6, 6.07) is 5.49. The molecule has 8 heteroatoms. The Bertz CT molecular complexity index is 796. The minimum atomic E-state index is -3.51. The third-order valence-corrected chi connectivity index (χ3v) is 7.35. The number of thiophene rings is 1. The predicted octanol–water partition coefficient (Wildman–Crippen LogP) is 2.69. The van der Waals surface area contributed by atoms with Crippen LogP contribution in [0.5, 0.6) is 11.6 Å². The molecule has 1 aliphatic heterocycles. The van der Waals surface area contributed by atoms with Crippen LogP contribution < -0.4 is 9.47 Å². The maximum atomic E-state index is 12.8. The lowest BCUT2D eigenvalue weighted by Gasteiger charge is -2.31. The predicted molar refractivity (Wildman–Crippen MR) is 92.3 cm³/mol. The molecule has 0 spiro atoms. The Morgan fingerprint density at radius 1 is 1.29 bits per heavy atom. The molecule has 0 radical (unpaired) electrons. The first-order valence-corrected chi connectivity index (χ1v) is 10.0. The van der Waals surface area contributed by atoms with Crippen molar-refractivity contribution < 1.29 is 17.9 Å². The van der Waals surface area contributed by atoms with Gasteiger partial charge in [-0.1, -0.05) is 6.07 Å². The summed E-state index contributed by atoms with van der Waals surface area (Å²) in [6.07, 6.45) is 2.96. The Hall–Kier alpha value is -1.64. The van der Waals surface area contributed by atoms with Crippen LogP contribution in [0.1, 0.15) is 18.4 Å². The Morgan fingerprint density at radius 3 is 2.71 bits per heavy atom. The number of methoxy groups -OCH3 is 1. The van der Waals surface area contributed by atoms with Gasteiger partial charge in [0.1, 0.15) is 11.9 Å². The number of hydrogen-bond donors (Lipinski definition) is 0. The second-order valence-electron chi connectivity index (χ2n) is 5.62. The van der Waals surface area contributed by atoms with Crippen molar-refractivity contribution in [1.29, 1.82) is 0 Å². The number of piperidine rings is 1. The summed E-state index contributed by atoms with van der Waals surface area (Å²) in [5.74, 6) is 1.03. The van der Waals surface area contributed by atoms with Gasteiger partial charge in [0.05, 0.1) is 7.11 Å². The molecule has 6 nitrogen and oxygen atoms in total. The van der Waals surface area contributed by atoms with E-state index in [1.165, 1.54) is 22.8 Å². The molecule has 0 unspecified atom stereocenters. The zero-order valence-corrected chi connectivity index (χ0v) is 15.3. The molecule has 2 aromatic rings. The number of aryl methyl sites for hydroxylation is 1. The molecular formula is C16H20N2O4S2. The summed E-state index contributed by atoms with van der Waals surface area (Å²) in [7, 11) is -2.03. The number of pyridine rings is 1. The summed E-state index contributed by atoms with van der Waals surface area (Å²) in [4.78, 5) is 4.23. The van der Waals surface area contributed by atoms with Crippen LogP contribution in [-0.4, -0.2) is 44.0 Å². The normalized spacial score (nSPS) is 16.9. The molecule has 24 heavy (non-hydrogen) atoms. The molecule has 0 bridgehead atoms. The molecule has 3 heterocycles. The van der Waals surface area contributed by atoms with Gasteiger partial charge in [-0.05, 0) is 37.3 Å². The molecule has 130 valence electrons. The van der Waals surface area contributed by atoms with Gasteiger partial charge < -0.3 is 9.47 Å². The maximum Gasteiger partial charge on any atom is 0.256 e. The average Bonchev–Trinajstić information content (AvgIpc) is 3.07. The zero-order valence-electron chi connectivity index (χ0n) is 13.6. The van der Waals surface area contributed by atoms with Crippen molar-refractivity contribution in [2.45, 2.75) is 30.1 Å². The minimum Gasteiger partial charge on any atom is -0.494 e. The van der Waals surface area contributed by atoms with Gasteiger partial charge in [-0.15, -0.1) is 11.3 Å². The molecule has 3 rings (SSSR count). The van der Waals surface area contributed by atoms with E-state index in [9.17, 15) is 8.42 Å². The highest BCUT2D eigenvalue weighted by atomic mass is 32.2. The topological polar surface area (TPSA) is 68.7 Å². The number of rotatable bonds is 5. The summed E-state index contributed by atoms with van der Waals surface area (Å²) in [5, 5.41) is 1.73. The van der Waals surface area contributed by atoms with Crippen LogP contribution in [-0.2, 0) is 10.0 Å². The average molecular weight is 368 g/mol. The van der Waals surface area contributed by atoms with Crippen molar-refractivity contribution in [1.82, 2.24) is 9.29 Å². The lowest BCUT2D eigenvalue weighted by molar-refractivity contribution is 0.129. The molecule has 1 saturated heterocycles. The summed E-state index contributed by atoms with van der Waals surface area (Å²) in [5.41, 5.74) is 0.982. The third-order valence-electron chi connectivity index (χ3n) is 4.03. The number of sulfonamides is 1. The Kier molecular flexibility index (Phi) is 5.07. The zero-order chi connectivity index (χ0) is 17.2. The van der Waals surface area contributed by atoms with E-state index >= 15 is 0 Å². The van der Waals surface area contributed by atoms with E-state index in [0.717, 1.165) is 5.56 Å². The van der Waals surface area contributed by atoms with Crippen LogP contribution in [0, 0.1) is 6.92 Å². The van der Waals surface area contributed by atoms with Gasteiger partial charge in [-0.25, -0.2) is 13.4 Å². The molecule has 0 saturated carbocycles. The number of nitrogens with zero attached hydrogens (tertiary/aromatic N) is 2. The van der Waals surface area contributed by atoms with Crippen molar-refractivity contribution in [3.8, 4) is 11.6 Å². The first-order valence-electron chi connectivity index (χ1n) is 7.72. The molecule has 0 amide bonds. The first kappa shape index (κ1) is 17.2. The molecular weight excluding hydrogens is 348 g/mol. The van der Waals surface area contributed by atoms with E-state index in [1.807, 2.05) is 19.1 Å². The fourth-order valence-corrected chi connectivity index (χ4v) is 5.57. The van der Waals surface area contributed by atoms with Crippen LogP contribution >= 0.6 is 11.3 Å². The van der Waals surface area contributed by atoms with Crippen LogP contribution in [0.15, 0.2) is 34.0 Å². The van der Waals surface area contributed by atoms with Crippen LogP contribution in [0.2, 0.25) is 0 Å². The van der Waals surface area contributed by atoms with Crippen molar-refractivity contribution in [2.75, 3.05) is 20.2 Å². The third kappa shape index (κ3) is 3.40. The highest BCUT2D eigenvalue weighted by Crippen LogP contribution is 2.33. The van der Waals surface area contributed by atoms with Crippen molar-refractivity contribution >= 4 is 21.4 Å². The summed E-state index contributed by atoms with van der Waals surface area (Å²) < 4.78 is 38.4. The molecule has 0 aliphatic carbocycles. The van der Waals surface area contributed by atoms with E-state index < -0.39 is 10.0 Å². The van der Waals surface area contributed by atoms with Gasteiger partial charge in [-0.2, -0.15) is 4.31 Å². The number of hydrogen-bond acceptors (Lipinski definition) is 6. The van der Waals surface area contributed by atoms with Crippen LogP contribution in [0.3, 0.4) is 0 Å². The fourth-order valence-electron chi connectivity index (χ4n) is 2.68. The molecule has 1 aliphatic rings. The Morgan fingerprint density at radius 2 is 2.04 bits per heavy atom. The SMILES string of the molecule is COc1ccsc1S(=O)(=O)N1CCC(Oc2ncccc2C)CC1. The monoisotopic (exact) mass is 368 g/mol. The van der Waals surface area contributed by atoms with Gasteiger partial charge in [0.2, 0.25) is 5.88 Å². The van der Waals surface area contributed by atoms with Crippen molar-refractivity contribution in [2.24, 2.45) is 0 Å². The minimum absolute atomic E-state index is 0.0183. The van der Waals surface area contributed by atoms with Crippen molar-refractivity contribution in [3.63, 3.8) is 0 Å². The Labute approximate surface area is 146 Å². The quantitative estimate of drug-likeness (QED) is 0.812. The second kappa shape index (κ2) is 7.08. The standard InChI is InChI=1S/C16H20N2O4S2/c1-12-4-3-8-17-15(12)22-13-5-9-18(10-6-13)24(19,20)16-14(21-2)7-11-23-16/h3-4,7-8,11,13H,5-6,9-10H2,1-2H3. The highest BCUT2D eigenvalue weighted by molar-refractivity contribution is 7.91. The summed E-state index contributed by atoms with van der Waals surface area (Å²) in [6.45, 7) is 2.81. The van der Waals surface area contributed by atoms with Crippen LogP contribution in [0.4, 0.5) is 0 Å². The van der Waals surface area contributed by atoms with E-state index in [0.29, 0.717) is 37.6 Å². The van der Waals surface area contributed by atoms with Gasteiger partial charge >= 0.3 is 0 Å². The molecule has 0 aromatic carbocycles. The highest BCUT2D eigenvalue weighted by Gasteiger charge is 2.33. The van der Waals surface area contributed by atoms with Gasteiger partial charge in [0, 0.05) is 24.8 Å². The molecule has 0 N–H and O–H groups in total. The maximum absolute atomic E-state index is 12.8. The summed E-state index contributed by atoms with van der Waals surface area (Å²) >= 11 is 1.18. The fraction of sp³-hybridized carbons (Fsp3) is 0.438. The van der Waals surface area contributed by atoms with E-state index in [1.54, 1.807) is 17.6 Å². The molecule has 0 atom stereocenters. The van der Waals surface area contributed by atoms with Gasteiger partial charge in [-0.3, -0.25) is 0 Å². The van der Waals surface area contributed by atoms with Gasteiger partial charge in [0.25, 0.3) is 10.0 Å². The van der Waals surface area contributed by atoms with E-state index in [-0.39, 0.29) is 10.3 Å². The molecule has 1 fully saturated rings. The smallest absolute Gasteiger partial charge is 0.256 e. The number of aromatic nitrogens is 1. The lowest BCUT2D eigenvalue weighted by Crippen LogP contribution is -2.41. The lowest BCUT2D eigenvalue weighted by atomic mass is 10.1. The van der Waals surface area contributed by atoms with Crippen molar-refractivity contribution in [3.05, 3.63) is 35.3 Å². The Balaban J connectivity index is 1.66. The van der Waals surface area contributed by atoms with E-state index in [4.69, 9.17) is 9.47 Å². The largest absolute Gasteiger partial charge is 0.494 e. The first-order chi connectivity index (χ1) is 11.5. The number of ether oxygens (including phenoxy) is 2.